The minimum Gasteiger partial charge on any atom is -0.404 e. The third-order valence-electron chi connectivity index (χ3n) is 8.22. The average Bonchev–Trinajstić information content (AvgIpc) is 3.11. The molecule has 4 rings (SSSR count). The number of nitro groups is 1. The van der Waals surface area contributed by atoms with Crippen LogP contribution in [0, 0.1) is 38.7 Å². The number of amides is 2. The van der Waals surface area contributed by atoms with Gasteiger partial charge in [-0.3, -0.25) is 15.0 Å². The first-order valence-electron chi connectivity index (χ1n) is 12.9. The maximum absolute atomic E-state index is 13.3. The van der Waals surface area contributed by atoms with Gasteiger partial charge in [0.05, 0.1) is 17.6 Å². The summed E-state index contributed by atoms with van der Waals surface area (Å²) < 4.78 is 13.0. The van der Waals surface area contributed by atoms with Gasteiger partial charge in [-0.2, -0.15) is 0 Å². The van der Waals surface area contributed by atoms with Crippen LogP contribution in [0.2, 0.25) is 0 Å². The van der Waals surface area contributed by atoms with Crippen molar-refractivity contribution >= 4 is 24.9 Å². The first kappa shape index (κ1) is 28.2. The highest BCUT2D eigenvalue weighted by Crippen LogP contribution is 2.65. The van der Waals surface area contributed by atoms with Crippen molar-refractivity contribution in [1.82, 2.24) is 21.4 Å². The highest BCUT2D eigenvalue weighted by atomic mass is 16.7. The molecule has 2 bridgehead atoms. The van der Waals surface area contributed by atoms with Crippen molar-refractivity contribution < 1.29 is 23.9 Å². The van der Waals surface area contributed by atoms with Crippen LogP contribution in [0.3, 0.4) is 0 Å². The Labute approximate surface area is 213 Å². The quantitative estimate of drug-likeness (QED) is 0.0697. The molecular formula is C23H41BN6O6. The van der Waals surface area contributed by atoms with Crippen LogP contribution in [0.25, 0.3) is 0 Å². The molecule has 2 amide bonds. The minimum atomic E-state index is -0.828. The van der Waals surface area contributed by atoms with Gasteiger partial charge in [-0.15, -0.1) is 0 Å². The first-order valence-corrected chi connectivity index (χ1v) is 12.9. The van der Waals surface area contributed by atoms with Gasteiger partial charge in [0.15, 0.2) is 5.03 Å². The van der Waals surface area contributed by atoms with Crippen molar-refractivity contribution in [3.63, 3.8) is 0 Å². The van der Waals surface area contributed by atoms with Crippen LogP contribution in [-0.4, -0.2) is 60.2 Å². The van der Waals surface area contributed by atoms with Crippen LogP contribution in [0.5, 0.6) is 0 Å². The van der Waals surface area contributed by atoms with E-state index in [0.29, 0.717) is 31.1 Å². The third-order valence-corrected chi connectivity index (χ3v) is 8.22. The number of guanidine groups is 1. The Kier molecular flexibility index (Phi) is 8.54. The Morgan fingerprint density at radius 1 is 1.22 bits per heavy atom. The zero-order valence-corrected chi connectivity index (χ0v) is 22.2. The molecule has 6 atom stereocenters. The predicted octanol–water partition coefficient (Wildman–Crippen LogP) is 1.38. The largest absolute Gasteiger partial charge is 0.481 e. The minimum absolute atomic E-state index is 0.00569. The molecule has 3 aliphatic carbocycles. The van der Waals surface area contributed by atoms with Gasteiger partial charge >= 0.3 is 7.12 Å². The predicted molar refractivity (Wildman–Crippen MR) is 134 cm³/mol. The van der Waals surface area contributed by atoms with E-state index >= 15 is 0 Å². The van der Waals surface area contributed by atoms with Crippen molar-refractivity contribution in [2.24, 2.45) is 23.2 Å². The highest BCUT2D eigenvalue weighted by molar-refractivity contribution is 6.47. The number of carbonyl (C=O) groups is 2. The van der Waals surface area contributed by atoms with Crippen molar-refractivity contribution in [2.45, 2.75) is 97.3 Å². The summed E-state index contributed by atoms with van der Waals surface area (Å²) in [4.78, 5) is 35.4. The molecule has 12 nitrogen and oxygen atoms in total. The van der Waals surface area contributed by atoms with Gasteiger partial charge in [-0.05, 0) is 62.2 Å². The van der Waals surface area contributed by atoms with E-state index in [9.17, 15) is 19.7 Å². The van der Waals surface area contributed by atoms with Gasteiger partial charge in [0.1, 0.15) is 6.04 Å². The van der Waals surface area contributed by atoms with E-state index in [2.05, 4.69) is 50.6 Å². The van der Waals surface area contributed by atoms with Crippen LogP contribution >= 0.6 is 0 Å². The zero-order valence-electron chi connectivity index (χ0n) is 22.2. The second-order valence-corrected chi connectivity index (χ2v) is 11.6. The number of rotatable bonds is 11. The third kappa shape index (κ3) is 6.11. The van der Waals surface area contributed by atoms with Gasteiger partial charge in [0.2, 0.25) is 11.8 Å². The van der Waals surface area contributed by atoms with Gasteiger partial charge in [-0.25, -0.2) is 10.1 Å². The number of carbonyl (C=O) groups excluding carboxylic acids is 2. The Balaban J connectivity index is 1.62. The lowest BCUT2D eigenvalue weighted by atomic mass is 9.43. The number of hydrogen-bond acceptors (Lipinski definition) is 7. The highest BCUT2D eigenvalue weighted by Gasteiger charge is 2.68. The van der Waals surface area contributed by atoms with Crippen molar-refractivity contribution in [2.75, 3.05) is 6.54 Å². The summed E-state index contributed by atoms with van der Waals surface area (Å²) in [5.74, 6) is -0.146. The SMILES string of the molecule is CC(=O)N[C@@H](CCCNC(=N)N[N+](=O)[O-])C(=O)N[C@@H](CC(C)C)B1O[C@@H]2C[C@@H]3C[C@@H](C3(C)C)[C@]2(C)O1. The van der Waals surface area contributed by atoms with Gasteiger partial charge in [0, 0.05) is 13.5 Å². The molecule has 0 radical (unpaired) electrons. The van der Waals surface area contributed by atoms with Crippen LogP contribution in [-0.2, 0) is 18.9 Å². The van der Waals surface area contributed by atoms with Gasteiger partial charge < -0.3 is 25.3 Å². The number of hydrazine groups is 1. The summed E-state index contributed by atoms with van der Waals surface area (Å²) >= 11 is 0. The zero-order chi connectivity index (χ0) is 26.8. The Morgan fingerprint density at radius 3 is 2.50 bits per heavy atom. The maximum atomic E-state index is 13.3. The Morgan fingerprint density at radius 2 is 1.92 bits per heavy atom. The fourth-order valence-electron chi connectivity index (χ4n) is 6.26. The number of nitrogens with zero attached hydrogens (tertiary/aromatic N) is 1. The van der Waals surface area contributed by atoms with Crippen LogP contribution in [0.4, 0.5) is 0 Å². The topological polar surface area (TPSA) is 168 Å². The maximum Gasteiger partial charge on any atom is 0.481 e. The van der Waals surface area contributed by atoms with E-state index in [0.717, 1.165) is 12.8 Å². The summed E-state index contributed by atoms with van der Waals surface area (Å²) in [7, 11) is -0.560. The second-order valence-electron chi connectivity index (χ2n) is 11.6. The molecule has 0 aromatic rings. The van der Waals surface area contributed by atoms with Gasteiger partial charge in [0.25, 0.3) is 5.96 Å². The van der Waals surface area contributed by atoms with Crippen molar-refractivity contribution in [3.05, 3.63) is 10.1 Å². The molecule has 4 aliphatic rings. The molecule has 0 aromatic heterocycles. The fourth-order valence-corrected chi connectivity index (χ4v) is 6.26. The molecule has 0 spiro atoms. The summed E-state index contributed by atoms with van der Waals surface area (Å²) in [6, 6.07) is -0.789. The van der Waals surface area contributed by atoms with E-state index < -0.39 is 24.2 Å². The molecule has 4 fully saturated rings. The monoisotopic (exact) mass is 508 g/mol. The number of nitrogens with one attached hydrogen (secondary N) is 5. The molecule has 202 valence electrons. The first-order chi connectivity index (χ1) is 16.7. The van der Waals surface area contributed by atoms with Crippen molar-refractivity contribution in [3.8, 4) is 0 Å². The number of hydrogen-bond donors (Lipinski definition) is 5. The normalized spacial score (nSPS) is 29.4. The van der Waals surface area contributed by atoms with Crippen LogP contribution in [0.1, 0.15) is 73.6 Å². The van der Waals surface area contributed by atoms with Gasteiger partial charge in [-0.1, -0.05) is 33.1 Å². The lowest BCUT2D eigenvalue weighted by molar-refractivity contribution is -0.525. The van der Waals surface area contributed by atoms with Crippen LogP contribution in [0.15, 0.2) is 0 Å². The standard InChI is InChI=1S/C23H41BN6O6/c1-13(2)10-19(24-35-18-12-15-11-17(22(15,4)5)23(18,6)36-24)28-20(32)16(27-14(3)31)8-7-9-26-21(25)29-30(33)34/h13,15-19H,7-12H2,1-6H3,(H,27,31)(H,28,32)(H3,25,26,29)/t15-,16-,17-,18+,19-,23-/m0/s1. The molecule has 0 unspecified atom stereocenters. The van der Waals surface area contributed by atoms with E-state index in [-0.39, 0.29) is 47.3 Å². The molecule has 13 heteroatoms. The second kappa shape index (κ2) is 10.9. The molecular weight excluding hydrogens is 467 g/mol. The molecule has 5 N–H and O–H groups in total. The lowest BCUT2D eigenvalue weighted by Crippen LogP contribution is -2.65. The molecule has 0 aromatic carbocycles. The van der Waals surface area contributed by atoms with E-state index in [1.807, 2.05) is 0 Å². The summed E-state index contributed by atoms with van der Waals surface area (Å²) in [6.45, 7) is 12.5. The molecule has 3 saturated carbocycles. The van der Waals surface area contributed by atoms with E-state index in [1.165, 1.54) is 6.92 Å². The van der Waals surface area contributed by atoms with E-state index in [4.69, 9.17) is 14.7 Å². The Hall–Kier alpha value is -2.41. The molecule has 1 saturated heterocycles. The summed E-state index contributed by atoms with van der Waals surface area (Å²) in [6.07, 6.45) is 3.47. The fraction of sp³-hybridized carbons (Fsp3) is 0.870. The summed E-state index contributed by atoms with van der Waals surface area (Å²) in [5, 5.41) is 25.3. The van der Waals surface area contributed by atoms with Crippen LogP contribution < -0.4 is 21.4 Å². The Bertz CT molecular complexity index is 872. The smallest absolute Gasteiger partial charge is 0.404 e. The van der Waals surface area contributed by atoms with Crippen molar-refractivity contribution in [1.29, 1.82) is 5.41 Å². The van der Waals surface area contributed by atoms with E-state index in [1.54, 1.807) is 5.43 Å². The average molecular weight is 508 g/mol. The lowest BCUT2D eigenvalue weighted by Gasteiger charge is -2.64. The molecule has 1 aliphatic heterocycles. The molecule has 36 heavy (non-hydrogen) atoms. The molecule has 1 heterocycles. The summed E-state index contributed by atoms with van der Waals surface area (Å²) in [5.41, 5.74) is 1.55.